The number of ether oxygens (including phenoxy) is 1. The molecule has 3 aromatic rings. The number of hydrogen-bond acceptors (Lipinski definition) is 4. The third kappa shape index (κ3) is 3.44. The molecule has 6 nitrogen and oxygen atoms in total. The number of benzene rings is 2. The van der Waals surface area contributed by atoms with Gasteiger partial charge in [-0.25, -0.2) is 13.2 Å². The van der Waals surface area contributed by atoms with Crippen molar-refractivity contribution in [3.8, 4) is 17.0 Å². The lowest BCUT2D eigenvalue weighted by Crippen LogP contribution is -2.12. The number of carbonyl (C=O) groups excluding carboxylic acids is 1. The number of H-pyrrole nitrogens is 1. The molecule has 0 radical (unpaired) electrons. The Bertz CT molecular complexity index is 943. The highest BCUT2D eigenvalue weighted by Gasteiger charge is 2.17. The molecule has 1 amide bonds. The largest absolute Gasteiger partial charge is 0.486 e. The smallest absolute Gasteiger partial charge is 0.271 e. The lowest BCUT2D eigenvalue weighted by molar-refractivity contribution is 0.0996. The number of amides is 1. The minimum absolute atomic E-state index is 0.0454. The van der Waals surface area contributed by atoms with Crippen LogP contribution in [0.3, 0.4) is 0 Å². The molecular formula is C16H11F3N4O2. The maximum absolute atomic E-state index is 14.2. The Morgan fingerprint density at radius 1 is 1.08 bits per heavy atom. The van der Waals surface area contributed by atoms with Gasteiger partial charge in [0, 0.05) is 11.1 Å². The van der Waals surface area contributed by atoms with Crippen molar-refractivity contribution in [2.24, 2.45) is 5.73 Å². The van der Waals surface area contributed by atoms with Crippen LogP contribution in [-0.4, -0.2) is 21.3 Å². The van der Waals surface area contributed by atoms with Crippen LogP contribution in [0, 0.1) is 17.5 Å². The van der Waals surface area contributed by atoms with Gasteiger partial charge in [0.25, 0.3) is 5.91 Å². The Morgan fingerprint density at radius 3 is 2.60 bits per heavy atom. The first-order chi connectivity index (χ1) is 12.0. The standard InChI is InChI=1S/C16H11F3N4O2/c17-10-2-3-11(18)9(5-10)7-25-13-4-1-8(6-12(13)19)14-15(16(20)24)22-23-21-14/h1-6H,7H2,(H2,20,24)(H,21,22,23). The van der Waals surface area contributed by atoms with Gasteiger partial charge in [0.2, 0.25) is 0 Å². The predicted molar refractivity (Wildman–Crippen MR) is 81.0 cm³/mol. The molecule has 0 aliphatic rings. The summed E-state index contributed by atoms with van der Waals surface area (Å²) in [6, 6.07) is 6.69. The minimum Gasteiger partial charge on any atom is -0.486 e. The Labute approximate surface area is 139 Å². The van der Waals surface area contributed by atoms with Crippen molar-refractivity contribution in [1.82, 2.24) is 15.4 Å². The number of aromatic nitrogens is 3. The van der Waals surface area contributed by atoms with E-state index in [1.807, 2.05) is 0 Å². The number of carbonyl (C=O) groups is 1. The molecule has 0 saturated carbocycles. The average Bonchev–Trinajstić information content (AvgIpc) is 3.06. The Kier molecular flexibility index (Phi) is 4.38. The lowest BCUT2D eigenvalue weighted by atomic mass is 10.1. The molecule has 128 valence electrons. The van der Waals surface area contributed by atoms with Crippen LogP contribution in [0.25, 0.3) is 11.3 Å². The summed E-state index contributed by atoms with van der Waals surface area (Å²) in [5.74, 6) is -3.04. The fourth-order valence-corrected chi connectivity index (χ4v) is 2.18. The first kappa shape index (κ1) is 16.5. The molecule has 0 aliphatic heterocycles. The van der Waals surface area contributed by atoms with E-state index in [0.29, 0.717) is 0 Å². The summed E-state index contributed by atoms with van der Waals surface area (Å²) < 4.78 is 46.0. The molecule has 0 spiro atoms. The molecule has 0 aliphatic carbocycles. The quantitative estimate of drug-likeness (QED) is 0.741. The number of rotatable bonds is 5. The van der Waals surface area contributed by atoms with Gasteiger partial charge in [-0.05, 0) is 36.4 Å². The first-order valence-corrected chi connectivity index (χ1v) is 7.03. The van der Waals surface area contributed by atoms with E-state index < -0.39 is 23.4 Å². The van der Waals surface area contributed by atoms with Gasteiger partial charge >= 0.3 is 0 Å². The van der Waals surface area contributed by atoms with E-state index in [-0.39, 0.29) is 34.9 Å². The van der Waals surface area contributed by atoms with E-state index in [0.717, 1.165) is 24.3 Å². The van der Waals surface area contributed by atoms with Crippen molar-refractivity contribution in [2.45, 2.75) is 6.61 Å². The zero-order valence-electron chi connectivity index (χ0n) is 12.6. The predicted octanol–water partition coefficient (Wildman–Crippen LogP) is 2.57. The van der Waals surface area contributed by atoms with Crippen LogP contribution in [0.2, 0.25) is 0 Å². The van der Waals surface area contributed by atoms with Crippen molar-refractivity contribution in [3.63, 3.8) is 0 Å². The molecule has 2 aromatic carbocycles. The summed E-state index contributed by atoms with van der Waals surface area (Å²) in [6.45, 7) is -0.351. The zero-order valence-corrected chi connectivity index (χ0v) is 12.6. The van der Waals surface area contributed by atoms with Crippen LogP contribution in [0.1, 0.15) is 16.1 Å². The number of nitrogens with zero attached hydrogens (tertiary/aromatic N) is 2. The summed E-state index contributed by atoms with van der Waals surface area (Å²) in [7, 11) is 0. The molecular weight excluding hydrogens is 337 g/mol. The summed E-state index contributed by atoms with van der Waals surface area (Å²) in [4.78, 5) is 11.2. The molecule has 0 unspecified atom stereocenters. The van der Waals surface area contributed by atoms with Crippen LogP contribution in [-0.2, 0) is 6.61 Å². The molecule has 3 N–H and O–H groups in total. The van der Waals surface area contributed by atoms with E-state index in [1.54, 1.807) is 0 Å². The van der Waals surface area contributed by atoms with E-state index in [4.69, 9.17) is 10.5 Å². The van der Waals surface area contributed by atoms with Gasteiger partial charge < -0.3 is 10.5 Å². The Morgan fingerprint density at radius 2 is 1.88 bits per heavy atom. The number of halogens is 3. The third-order valence-corrected chi connectivity index (χ3v) is 3.38. The number of primary amides is 1. The Hall–Kier alpha value is -3.36. The van der Waals surface area contributed by atoms with Gasteiger partial charge in [0.15, 0.2) is 17.3 Å². The van der Waals surface area contributed by atoms with Crippen molar-refractivity contribution in [3.05, 3.63) is 65.1 Å². The van der Waals surface area contributed by atoms with Crippen molar-refractivity contribution >= 4 is 5.91 Å². The van der Waals surface area contributed by atoms with Crippen LogP contribution >= 0.6 is 0 Å². The highest BCUT2D eigenvalue weighted by atomic mass is 19.1. The SMILES string of the molecule is NC(=O)c1n[nH]nc1-c1ccc(OCc2cc(F)ccc2F)c(F)c1. The molecule has 0 bridgehead atoms. The van der Waals surface area contributed by atoms with Crippen LogP contribution in [0.4, 0.5) is 13.2 Å². The second-order valence-corrected chi connectivity index (χ2v) is 5.05. The maximum Gasteiger partial charge on any atom is 0.271 e. The Balaban J connectivity index is 1.82. The molecule has 1 aromatic heterocycles. The first-order valence-electron chi connectivity index (χ1n) is 7.03. The highest BCUT2D eigenvalue weighted by molar-refractivity contribution is 5.96. The van der Waals surface area contributed by atoms with Crippen molar-refractivity contribution in [1.29, 1.82) is 0 Å². The number of nitrogens with one attached hydrogen (secondary N) is 1. The zero-order chi connectivity index (χ0) is 18.0. The van der Waals surface area contributed by atoms with Crippen molar-refractivity contribution in [2.75, 3.05) is 0 Å². The summed E-state index contributed by atoms with van der Waals surface area (Å²) >= 11 is 0. The molecule has 3 rings (SSSR count). The van der Waals surface area contributed by atoms with Gasteiger partial charge in [-0.15, -0.1) is 0 Å². The van der Waals surface area contributed by atoms with E-state index in [2.05, 4.69) is 15.4 Å². The highest BCUT2D eigenvalue weighted by Crippen LogP contribution is 2.26. The minimum atomic E-state index is -0.814. The number of nitrogens with two attached hydrogens (primary N) is 1. The summed E-state index contributed by atoms with van der Waals surface area (Å²) in [5, 5.41) is 9.59. The van der Waals surface area contributed by atoms with Crippen LogP contribution in [0.5, 0.6) is 5.75 Å². The van der Waals surface area contributed by atoms with Crippen molar-refractivity contribution < 1.29 is 22.7 Å². The second kappa shape index (κ2) is 6.63. The monoisotopic (exact) mass is 348 g/mol. The van der Waals surface area contributed by atoms with E-state index >= 15 is 0 Å². The fraction of sp³-hybridized carbons (Fsp3) is 0.0625. The third-order valence-electron chi connectivity index (χ3n) is 3.38. The lowest BCUT2D eigenvalue weighted by Gasteiger charge is -2.09. The van der Waals surface area contributed by atoms with Gasteiger partial charge in [-0.3, -0.25) is 4.79 Å². The molecule has 0 saturated heterocycles. The second-order valence-electron chi connectivity index (χ2n) is 5.05. The summed E-state index contributed by atoms with van der Waals surface area (Å²) in [5.41, 5.74) is 5.33. The number of aromatic amines is 1. The average molecular weight is 348 g/mol. The summed E-state index contributed by atoms with van der Waals surface area (Å²) in [6.07, 6.45) is 0. The van der Waals surface area contributed by atoms with Gasteiger partial charge in [0.05, 0.1) is 0 Å². The normalized spacial score (nSPS) is 10.7. The van der Waals surface area contributed by atoms with Gasteiger partial charge in [-0.2, -0.15) is 15.4 Å². The van der Waals surface area contributed by atoms with Crippen LogP contribution < -0.4 is 10.5 Å². The number of hydrogen-bond donors (Lipinski definition) is 2. The van der Waals surface area contributed by atoms with E-state index in [1.165, 1.54) is 12.1 Å². The molecule has 25 heavy (non-hydrogen) atoms. The fourth-order valence-electron chi connectivity index (χ4n) is 2.18. The van der Waals surface area contributed by atoms with Crippen LogP contribution in [0.15, 0.2) is 36.4 Å². The maximum atomic E-state index is 14.2. The molecule has 9 heteroatoms. The van der Waals surface area contributed by atoms with Gasteiger partial charge in [-0.1, -0.05) is 0 Å². The van der Waals surface area contributed by atoms with Gasteiger partial charge in [0.1, 0.15) is 23.9 Å². The molecule has 1 heterocycles. The molecule has 0 atom stereocenters. The topological polar surface area (TPSA) is 93.9 Å². The van der Waals surface area contributed by atoms with E-state index in [9.17, 15) is 18.0 Å². The molecule has 0 fully saturated rings.